The Morgan fingerprint density at radius 2 is 1.50 bits per heavy atom. The average molecular weight is 340 g/mol. The van der Waals surface area contributed by atoms with Crippen LogP contribution in [0.2, 0.25) is 5.02 Å². The summed E-state index contributed by atoms with van der Waals surface area (Å²) in [6, 6.07) is 9.00. The Bertz CT molecular complexity index is 846. The fourth-order valence-corrected chi connectivity index (χ4v) is 4.65. The normalized spacial score (nSPS) is 19.8. The van der Waals surface area contributed by atoms with Gasteiger partial charge in [-0.1, -0.05) is 45.4 Å². The molecular formula is C22H26ClN. The van der Waals surface area contributed by atoms with E-state index in [0.717, 1.165) is 11.4 Å². The van der Waals surface area contributed by atoms with E-state index in [4.69, 9.17) is 11.6 Å². The predicted octanol–water partition coefficient (Wildman–Crippen LogP) is 6.65. The summed E-state index contributed by atoms with van der Waals surface area (Å²) < 4.78 is 0. The summed E-state index contributed by atoms with van der Waals surface area (Å²) in [6.07, 6.45) is 3.49. The van der Waals surface area contributed by atoms with Crippen LogP contribution in [0.3, 0.4) is 0 Å². The number of fused-ring (bicyclic) bond motifs is 3. The van der Waals surface area contributed by atoms with Crippen molar-refractivity contribution >= 4 is 23.0 Å². The SMILES string of the molecule is Cc1cc(Cl)cc2c1Cc1cc3c(cc1N2)C(C)(C)CCC3(C)C. The van der Waals surface area contributed by atoms with Crippen molar-refractivity contribution in [2.24, 2.45) is 0 Å². The minimum absolute atomic E-state index is 0.242. The number of halogens is 1. The first-order valence-corrected chi connectivity index (χ1v) is 9.29. The largest absolute Gasteiger partial charge is 0.355 e. The first kappa shape index (κ1) is 16.0. The fourth-order valence-electron chi connectivity index (χ4n) is 4.38. The van der Waals surface area contributed by atoms with Crippen LogP contribution in [-0.2, 0) is 17.3 Å². The number of benzene rings is 2. The van der Waals surface area contributed by atoms with E-state index in [1.807, 2.05) is 0 Å². The van der Waals surface area contributed by atoms with Crippen LogP contribution in [0.15, 0.2) is 24.3 Å². The molecule has 0 bridgehead atoms. The highest BCUT2D eigenvalue weighted by Gasteiger charge is 2.38. The van der Waals surface area contributed by atoms with Crippen LogP contribution in [0, 0.1) is 6.92 Å². The standard InChI is InChI=1S/C22H26ClN/c1-13-8-15(23)11-20-16(13)9-14-10-17-18(12-19(14)24-20)22(4,5)7-6-21(17,2)3/h8,10-12,24H,6-7,9H2,1-5H3. The fraction of sp³-hybridized carbons (Fsp3) is 0.455. The molecule has 0 aromatic heterocycles. The van der Waals surface area contributed by atoms with Crippen LogP contribution in [0.25, 0.3) is 0 Å². The van der Waals surface area contributed by atoms with Gasteiger partial charge in [-0.2, -0.15) is 0 Å². The van der Waals surface area contributed by atoms with Crippen molar-refractivity contribution in [1.82, 2.24) is 0 Å². The molecule has 2 aromatic rings. The van der Waals surface area contributed by atoms with Gasteiger partial charge in [0.05, 0.1) is 0 Å². The van der Waals surface area contributed by atoms with Crippen molar-refractivity contribution in [1.29, 1.82) is 0 Å². The number of anilines is 2. The van der Waals surface area contributed by atoms with Crippen molar-refractivity contribution in [3.05, 3.63) is 57.1 Å². The number of hydrogen-bond donors (Lipinski definition) is 1. The Balaban J connectivity index is 1.89. The van der Waals surface area contributed by atoms with E-state index >= 15 is 0 Å². The number of rotatable bonds is 0. The summed E-state index contributed by atoms with van der Waals surface area (Å²) in [6.45, 7) is 11.7. The molecule has 0 fully saturated rings. The third-order valence-corrected chi connectivity index (χ3v) is 6.37. The summed E-state index contributed by atoms with van der Waals surface area (Å²) in [5.41, 5.74) is 10.0. The molecule has 24 heavy (non-hydrogen) atoms. The molecule has 0 saturated heterocycles. The highest BCUT2D eigenvalue weighted by Crippen LogP contribution is 2.49. The van der Waals surface area contributed by atoms with Crippen molar-refractivity contribution in [3.8, 4) is 0 Å². The van der Waals surface area contributed by atoms with E-state index in [-0.39, 0.29) is 10.8 Å². The maximum atomic E-state index is 6.27. The first-order chi connectivity index (χ1) is 11.2. The molecule has 1 heterocycles. The average Bonchev–Trinajstić information content (AvgIpc) is 2.49. The highest BCUT2D eigenvalue weighted by molar-refractivity contribution is 6.31. The van der Waals surface area contributed by atoms with E-state index in [9.17, 15) is 0 Å². The highest BCUT2D eigenvalue weighted by atomic mass is 35.5. The van der Waals surface area contributed by atoms with Gasteiger partial charge in [-0.25, -0.2) is 0 Å². The van der Waals surface area contributed by atoms with Crippen LogP contribution < -0.4 is 5.32 Å². The van der Waals surface area contributed by atoms with Gasteiger partial charge >= 0.3 is 0 Å². The lowest BCUT2D eigenvalue weighted by Crippen LogP contribution is -2.34. The molecule has 0 amide bonds. The molecule has 0 radical (unpaired) electrons. The molecule has 1 N–H and O–H groups in total. The molecule has 4 rings (SSSR count). The van der Waals surface area contributed by atoms with Crippen molar-refractivity contribution in [3.63, 3.8) is 0 Å². The third-order valence-electron chi connectivity index (χ3n) is 6.15. The zero-order valence-electron chi connectivity index (χ0n) is 15.3. The summed E-state index contributed by atoms with van der Waals surface area (Å²) >= 11 is 6.27. The van der Waals surface area contributed by atoms with Crippen molar-refractivity contribution in [2.45, 2.75) is 64.7 Å². The molecule has 126 valence electrons. The molecule has 0 spiro atoms. The summed E-state index contributed by atoms with van der Waals surface area (Å²) in [5.74, 6) is 0. The quantitative estimate of drug-likeness (QED) is 0.483. The topological polar surface area (TPSA) is 12.0 Å². The number of hydrogen-bond acceptors (Lipinski definition) is 1. The van der Waals surface area contributed by atoms with E-state index in [1.165, 1.54) is 52.0 Å². The second kappa shape index (κ2) is 5.02. The monoisotopic (exact) mass is 339 g/mol. The lowest BCUT2D eigenvalue weighted by atomic mass is 9.62. The Labute approximate surface area is 150 Å². The van der Waals surface area contributed by atoms with Crippen LogP contribution in [0.4, 0.5) is 11.4 Å². The van der Waals surface area contributed by atoms with Gasteiger partial charge in [0.15, 0.2) is 0 Å². The molecule has 1 aliphatic heterocycles. The van der Waals surface area contributed by atoms with Crippen LogP contribution in [-0.4, -0.2) is 0 Å². The van der Waals surface area contributed by atoms with Crippen molar-refractivity contribution < 1.29 is 0 Å². The zero-order chi connectivity index (χ0) is 17.3. The van der Waals surface area contributed by atoms with Crippen LogP contribution in [0.5, 0.6) is 0 Å². The summed E-state index contributed by atoms with van der Waals surface area (Å²) in [5, 5.41) is 4.46. The molecule has 0 unspecified atom stereocenters. The molecule has 0 atom stereocenters. The van der Waals surface area contributed by atoms with Gasteiger partial charge in [0.25, 0.3) is 0 Å². The second-order valence-corrected chi connectivity index (χ2v) is 9.31. The molecule has 0 saturated carbocycles. The van der Waals surface area contributed by atoms with Gasteiger partial charge in [0.2, 0.25) is 0 Å². The van der Waals surface area contributed by atoms with Gasteiger partial charge in [-0.3, -0.25) is 0 Å². The Hall–Kier alpha value is -1.47. The minimum atomic E-state index is 0.242. The molecular weight excluding hydrogens is 314 g/mol. The van der Waals surface area contributed by atoms with Crippen molar-refractivity contribution in [2.75, 3.05) is 5.32 Å². The molecule has 2 aliphatic rings. The number of aryl methyl sites for hydroxylation is 1. The lowest BCUT2D eigenvalue weighted by Gasteiger charge is -2.43. The minimum Gasteiger partial charge on any atom is -0.355 e. The molecule has 1 nitrogen and oxygen atoms in total. The van der Waals surface area contributed by atoms with Crippen LogP contribution >= 0.6 is 11.6 Å². The molecule has 1 aliphatic carbocycles. The lowest BCUT2D eigenvalue weighted by molar-refractivity contribution is 0.332. The van der Waals surface area contributed by atoms with Gasteiger partial charge in [0, 0.05) is 22.8 Å². The maximum absolute atomic E-state index is 6.27. The first-order valence-electron chi connectivity index (χ1n) is 8.91. The van der Waals surface area contributed by atoms with E-state index in [2.05, 4.69) is 64.2 Å². The Kier molecular flexibility index (Phi) is 3.35. The van der Waals surface area contributed by atoms with E-state index in [1.54, 1.807) is 0 Å². The predicted molar refractivity (Wildman–Crippen MR) is 104 cm³/mol. The van der Waals surface area contributed by atoms with Gasteiger partial charge in [0.1, 0.15) is 0 Å². The third kappa shape index (κ3) is 2.37. The summed E-state index contributed by atoms with van der Waals surface area (Å²) in [7, 11) is 0. The molecule has 2 aromatic carbocycles. The zero-order valence-corrected chi connectivity index (χ0v) is 16.1. The van der Waals surface area contributed by atoms with Gasteiger partial charge in [-0.15, -0.1) is 0 Å². The Morgan fingerprint density at radius 3 is 2.17 bits per heavy atom. The van der Waals surface area contributed by atoms with Crippen LogP contribution in [0.1, 0.15) is 68.4 Å². The Morgan fingerprint density at radius 1 is 0.875 bits per heavy atom. The van der Waals surface area contributed by atoms with Gasteiger partial charge < -0.3 is 5.32 Å². The van der Waals surface area contributed by atoms with Gasteiger partial charge in [-0.05, 0) is 76.6 Å². The maximum Gasteiger partial charge on any atom is 0.0437 e. The van der Waals surface area contributed by atoms with E-state index < -0.39 is 0 Å². The molecule has 2 heteroatoms. The number of nitrogens with one attached hydrogen (secondary N) is 1. The second-order valence-electron chi connectivity index (χ2n) is 8.87. The summed E-state index contributed by atoms with van der Waals surface area (Å²) in [4.78, 5) is 0. The van der Waals surface area contributed by atoms with E-state index in [0.29, 0.717) is 0 Å². The smallest absolute Gasteiger partial charge is 0.0437 e.